The average Bonchev–Trinajstić information content (AvgIpc) is 3.02. The maximum atomic E-state index is 13.3. The average molecular weight is 405 g/mol. The van der Waals surface area contributed by atoms with Gasteiger partial charge >= 0.3 is 5.97 Å². The van der Waals surface area contributed by atoms with E-state index < -0.39 is 12.1 Å². The Morgan fingerprint density at radius 1 is 1.03 bits per heavy atom. The fourth-order valence-corrected chi connectivity index (χ4v) is 8.27. The summed E-state index contributed by atoms with van der Waals surface area (Å²) in [6, 6.07) is 0. The summed E-state index contributed by atoms with van der Waals surface area (Å²) in [6.45, 7) is 6.68. The highest BCUT2D eigenvalue weighted by atomic mass is 16.4. The molecule has 0 amide bonds. The lowest BCUT2D eigenvalue weighted by Gasteiger charge is -2.59. The third-order valence-corrected chi connectivity index (χ3v) is 9.87. The van der Waals surface area contributed by atoms with E-state index in [4.69, 9.17) is 5.11 Å². The van der Waals surface area contributed by atoms with Crippen LogP contribution in [-0.4, -0.2) is 33.9 Å². The van der Waals surface area contributed by atoms with Crippen LogP contribution in [0.5, 0.6) is 0 Å². The van der Waals surface area contributed by atoms with Gasteiger partial charge in [0, 0.05) is 18.3 Å². The Labute approximate surface area is 173 Å². The topological polar surface area (TPSA) is 91.7 Å². The number of carbonyl (C=O) groups excluding carboxylic acids is 2. The number of rotatable bonds is 4. The molecule has 0 aromatic carbocycles. The highest BCUT2D eigenvalue weighted by Crippen LogP contribution is 2.67. The Morgan fingerprint density at radius 3 is 2.38 bits per heavy atom. The molecule has 4 aliphatic carbocycles. The molecule has 9 atom stereocenters. The van der Waals surface area contributed by atoms with E-state index in [1.165, 1.54) is 0 Å². The molecule has 4 saturated carbocycles. The van der Waals surface area contributed by atoms with Gasteiger partial charge in [0.2, 0.25) is 11.6 Å². The predicted octanol–water partition coefficient (Wildman–Crippen LogP) is 3.87. The third kappa shape index (κ3) is 3.10. The second-order valence-corrected chi connectivity index (χ2v) is 11.1. The molecule has 0 saturated heterocycles. The number of hydrogen-bond acceptors (Lipinski definition) is 4. The van der Waals surface area contributed by atoms with E-state index in [0.29, 0.717) is 24.7 Å². The monoisotopic (exact) mass is 404 g/mol. The fraction of sp³-hybridized carbons (Fsp3) is 0.875. The van der Waals surface area contributed by atoms with E-state index in [-0.39, 0.29) is 52.5 Å². The lowest BCUT2D eigenvalue weighted by atomic mass is 9.43. The summed E-state index contributed by atoms with van der Waals surface area (Å²) in [4.78, 5) is 37.5. The molecule has 0 aromatic rings. The largest absolute Gasteiger partial charge is 0.481 e. The van der Waals surface area contributed by atoms with Crippen LogP contribution in [-0.2, 0) is 14.4 Å². The van der Waals surface area contributed by atoms with E-state index in [9.17, 15) is 19.5 Å². The lowest BCUT2D eigenvalue weighted by molar-refractivity contribution is -0.171. The molecular formula is C24H36O5. The highest BCUT2D eigenvalue weighted by Gasteiger charge is 2.65. The van der Waals surface area contributed by atoms with Crippen molar-refractivity contribution in [1.29, 1.82) is 0 Å². The van der Waals surface area contributed by atoms with Gasteiger partial charge in [-0.25, -0.2) is 0 Å². The van der Waals surface area contributed by atoms with Crippen molar-refractivity contribution in [3.05, 3.63) is 0 Å². The molecule has 2 N–H and O–H groups in total. The molecule has 4 fully saturated rings. The van der Waals surface area contributed by atoms with Crippen molar-refractivity contribution in [2.24, 2.45) is 46.3 Å². The van der Waals surface area contributed by atoms with Crippen molar-refractivity contribution in [2.45, 2.75) is 84.7 Å². The maximum Gasteiger partial charge on any atom is 0.303 e. The molecule has 5 nitrogen and oxygen atoms in total. The van der Waals surface area contributed by atoms with Gasteiger partial charge in [0.1, 0.15) is 0 Å². The Hall–Kier alpha value is -1.23. The first-order valence-corrected chi connectivity index (χ1v) is 11.6. The second-order valence-electron chi connectivity index (χ2n) is 11.1. The molecule has 0 aromatic heterocycles. The molecule has 0 radical (unpaired) electrons. The van der Waals surface area contributed by atoms with Crippen LogP contribution in [0, 0.1) is 46.3 Å². The number of ketones is 2. The quantitative estimate of drug-likeness (QED) is 0.694. The second kappa shape index (κ2) is 7.18. The van der Waals surface area contributed by atoms with E-state index in [0.717, 1.165) is 38.5 Å². The van der Waals surface area contributed by atoms with Crippen molar-refractivity contribution >= 4 is 17.5 Å². The van der Waals surface area contributed by atoms with Gasteiger partial charge < -0.3 is 10.2 Å². The zero-order valence-electron chi connectivity index (χ0n) is 18.0. The Kier molecular flexibility index (Phi) is 5.20. The SMILES string of the molecule is C[C@H](CCC(=O)O)[C@H]1CC[C@H]2[C@@H]3C(=O)C(=O)C4C[C@H](O)CC[C@]4(C)[C@H]3CC[C@]12C. The summed E-state index contributed by atoms with van der Waals surface area (Å²) < 4.78 is 0. The highest BCUT2D eigenvalue weighted by molar-refractivity contribution is 6.39. The molecule has 0 spiro atoms. The third-order valence-electron chi connectivity index (χ3n) is 9.87. The fourth-order valence-electron chi connectivity index (χ4n) is 8.27. The minimum absolute atomic E-state index is 0.0202. The minimum atomic E-state index is -0.744. The van der Waals surface area contributed by atoms with Crippen LogP contribution in [0.2, 0.25) is 0 Å². The Morgan fingerprint density at radius 2 is 1.69 bits per heavy atom. The van der Waals surface area contributed by atoms with E-state index >= 15 is 0 Å². The number of carboxylic acids is 1. The molecule has 1 unspecified atom stereocenters. The van der Waals surface area contributed by atoms with Gasteiger partial charge in [-0.2, -0.15) is 0 Å². The van der Waals surface area contributed by atoms with Gasteiger partial charge in [-0.3, -0.25) is 14.4 Å². The van der Waals surface area contributed by atoms with Crippen LogP contribution in [0.3, 0.4) is 0 Å². The molecular weight excluding hydrogens is 368 g/mol. The van der Waals surface area contributed by atoms with Crippen LogP contribution < -0.4 is 0 Å². The van der Waals surface area contributed by atoms with E-state index in [1.54, 1.807) is 0 Å². The number of Topliss-reactive ketones (excluding diaryl/α,β-unsaturated/α-hetero) is 2. The number of fused-ring (bicyclic) bond motifs is 5. The standard InChI is InChI=1S/C24H36O5/c1-13(4-7-19(26)27)15-5-6-16-20-17(9-11-23(15,16)2)24(3)10-8-14(25)12-18(24)21(28)22(20)29/h13-18,20,25H,4-12H2,1-3H3,(H,26,27)/t13-,14-,15-,16+,17+,18?,20+,23-,24-/m1/s1. The summed E-state index contributed by atoms with van der Waals surface area (Å²) in [6.07, 6.45) is 6.48. The van der Waals surface area contributed by atoms with Crippen molar-refractivity contribution in [3.63, 3.8) is 0 Å². The van der Waals surface area contributed by atoms with Crippen molar-refractivity contribution < 1.29 is 24.6 Å². The van der Waals surface area contributed by atoms with Crippen LogP contribution in [0.1, 0.15) is 78.6 Å². The number of hydrogen-bond donors (Lipinski definition) is 2. The van der Waals surface area contributed by atoms with Gasteiger partial charge in [0.05, 0.1) is 6.10 Å². The number of aliphatic carboxylic acids is 1. The summed E-state index contributed by atoms with van der Waals surface area (Å²) in [5.74, 6) is -0.386. The summed E-state index contributed by atoms with van der Waals surface area (Å²) in [5.41, 5.74) is -0.143. The van der Waals surface area contributed by atoms with Crippen LogP contribution in [0.4, 0.5) is 0 Å². The van der Waals surface area contributed by atoms with Crippen LogP contribution in [0.25, 0.3) is 0 Å². The van der Waals surface area contributed by atoms with Gasteiger partial charge in [-0.05, 0) is 85.9 Å². The normalized spacial score (nSPS) is 47.9. The van der Waals surface area contributed by atoms with Crippen molar-refractivity contribution in [3.8, 4) is 0 Å². The summed E-state index contributed by atoms with van der Waals surface area (Å²) in [5, 5.41) is 19.2. The van der Waals surface area contributed by atoms with Gasteiger partial charge in [-0.1, -0.05) is 20.8 Å². The zero-order valence-corrected chi connectivity index (χ0v) is 18.0. The molecule has 29 heavy (non-hydrogen) atoms. The first kappa shape index (κ1) is 21.0. The molecule has 4 aliphatic rings. The molecule has 162 valence electrons. The van der Waals surface area contributed by atoms with Gasteiger partial charge in [0.25, 0.3) is 0 Å². The van der Waals surface area contributed by atoms with Crippen molar-refractivity contribution in [1.82, 2.24) is 0 Å². The van der Waals surface area contributed by atoms with Crippen molar-refractivity contribution in [2.75, 3.05) is 0 Å². The van der Waals surface area contributed by atoms with E-state index in [1.807, 2.05) is 0 Å². The first-order chi connectivity index (χ1) is 13.6. The smallest absolute Gasteiger partial charge is 0.303 e. The predicted molar refractivity (Wildman–Crippen MR) is 108 cm³/mol. The van der Waals surface area contributed by atoms with Gasteiger partial charge in [0.15, 0.2) is 0 Å². The molecule has 0 heterocycles. The van der Waals surface area contributed by atoms with Crippen LogP contribution >= 0.6 is 0 Å². The van der Waals surface area contributed by atoms with Crippen LogP contribution in [0.15, 0.2) is 0 Å². The number of aliphatic hydroxyl groups excluding tert-OH is 1. The Bertz CT molecular complexity index is 716. The summed E-state index contributed by atoms with van der Waals surface area (Å²) in [7, 11) is 0. The lowest BCUT2D eigenvalue weighted by Crippen LogP contribution is -2.61. The molecule has 0 aliphatic heterocycles. The van der Waals surface area contributed by atoms with Gasteiger partial charge in [-0.15, -0.1) is 0 Å². The minimum Gasteiger partial charge on any atom is -0.481 e. The van der Waals surface area contributed by atoms with E-state index in [2.05, 4.69) is 20.8 Å². The number of carboxylic acid groups (broad SMARTS) is 1. The Balaban J connectivity index is 1.61. The molecule has 0 bridgehead atoms. The zero-order chi connectivity index (χ0) is 21.1. The summed E-state index contributed by atoms with van der Waals surface area (Å²) >= 11 is 0. The molecule has 4 rings (SSSR count). The number of aliphatic hydroxyl groups is 1. The number of carbonyl (C=O) groups is 3. The first-order valence-electron chi connectivity index (χ1n) is 11.6. The maximum absolute atomic E-state index is 13.3. The molecule has 5 heteroatoms.